The molecule has 2 saturated heterocycles. The maximum Gasteiger partial charge on any atom is 0.368 e. The fourth-order valence-corrected chi connectivity index (χ4v) is 3.79. The molecule has 0 radical (unpaired) electrons. The number of rotatable bonds is 3. The number of fused-ring (bicyclic) bond motifs is 1. The molecule has 2 aliphatic rings. The van der Waals surface area contributed by atoms with Crippen LogP contribution in [0.15, 0.2) is 22.8 Å². The summed E-state index contributed by atoms with van der Waals surface area (Å²) in [5.41, 5.74) is -1.13. The molecule has 0 bridgehead atoms. The summed E-state index contributed by atoms with van der Waals surface area (Å²) in [5.74, 6) is -1.82. The monoisotopic (exact) mass is 307 g/mol. The van der Waals surface area contributed by atoms with Crippen LogP contribution in [0.3, 0.4) is 0 Å². The highest BCUT2D eigenvalue weighted by Crippen LogP contribution is 2.44. The summed E-state index contributed by atoms with van der Waals surface area (Å²) in [6, 6.07) is 3.08. The summed E-state index contributed by atoms with van der Waals surface area (Å²) in [7, 11) is 1.29. The number of amides is 2. The Hall–Kier alpha value is -2.15. The van der Waals surface area contributed by atoms with E-state index in [0.717, 1.165) is 0 Å². The van der Waals surface area contributed by atoms with E-state index in [0.29, 0.717) is 12.3 Å². The SMILES string of the molecule is CCN1C(=O)[C@@H]2[C@@H](C1=O)[C@](C)(C(=O)OC)[NH2+][C@H]2c1ccco1. The summed E-state index contributed by atoms with van der Waals surface area (Å²) in [5, 5.41) is 1.73. The Bertz CT molecular complexity index is 626. The largest absolute Gasteiger partial charge is 0.464 e. The zero-order valence-corrected chi connectivity index (χ0v) is 12.7. The van der Waals surface area contributed by atoms with Crippen molar-refractivity contribution in [2.24, 2.45) is 11.8 Å². The molecular weight excluding hydrogens is 288 g/mol. The van der Waals surface area contributed by atoms with Gasteiger partial charge in [-0.15, -0.1) is 0 Å². The molecule has 0 saturated carbocycles. The average Bonchev–Trinajstić information content (AvgIpc) is 3.17. The number of hydrogen-bond donors (Lipinski definition) is 1. The van der Waals surface area contributed by atoms with Crippen molar-refractivity contribution in [3.63, 3.8) is 0 Å². The third-order valence-electron chi connectivity index (χ3n) is 4.81. The van der Waals surface area contributed by atoms with Crippen molar-refractivity contribution in [1.82, 2.24) is 4.90 Å². The first-order valence-electron chi connectivity index (χ1n) is 7.28. The number of imide groups is 1. The van der Waals surface area contributed by atoms with E-state index in [4.69, 9.17) is 9.15 Å². The van der Waals surface area contributed by atoms with Gasteiger partial charge in [-0.05, 0) is 19.1 Å². The van der Waals surface area contributed by atoms with Crippen molar-refractivity contribution < 1.29 is 28.9 Å². The van der Waals surface area contributed by atoms with E-state index in [1.54, 1.807) is 31.3 Å². The van der Waals surface area contributed by atoms with Crippen molar-refractivity contribution in [2.75, 3.05) is 13.7 Å². The molecule has 7 nitrogen and oxygen atoms in total. The number of nitrogens with two attached hydrogens (primary N) is 1. The lowest BCUT2D eigenvalue weighted by atomic mass is 9.81. The van der Waals surface area contributed by atoms with Crippen LogP contribution in [0.25, 0.3) is 0 Å². The van der Waals surface area contributed by atoms with Gasteiger partial charge in [-0.2, -0.15) is 0 Å². The summed E-state index contributed by atoms with van der Waals surface area (Å²) in [6.07, 6.45) is 1.52. The second-order valence-electron chi connectivity index (χ2n) is 5.91. The van der Waals surface area contributed by atoms with Crippen LogP contribution in [0.1, 0.15) is 25.6 Å². The minimum Gasteiger partial charge on any atom is -0.464 e. The first kappa shape index (κ1) is 14.8. The number of nitrogens with zero attached hydrogens (tertiary/aromatic N) is 1. The van der Waals surface area contributed by atoms with E-state index in [1.807, 2.05) is 0 Å². The van der Waals surface area contributed by atoms with Crippen molar-refractivity contribution in [2.45, 2.75) is 25.4 Å². The predicted octanol–water partition coefficient (Wildman–Crippen LogP) is -0.549. The normalized spacial score (nSPS) is 34.1. The van der Waals surface area contributed by atoms with Crippen LogP contribution in [0.2, 0.25) is 0 Å². The molecule has 0 aromatic carbocycles. The van der Waals surface area contributed by atoms with E-state index in [9.17, 15) is 14.4 Å². The molecule has 2 aliphatic heterocycles. The molecule has 0 aliphatic carbocycles. The number of ether oxygens (including phenoxy) is 1. The number of hydrogen-bond acceptors (Lipinski definition) is 5. The maximum absolute atomic E-state index is 12.6. The highest BCUT2D eigenvalue weighted by atomic mass is 16.5. The molecule has 2 fully saturated rings. The maximum atomic E-state index is 12.6. The molecule has 22 heavy (non-hydrogen) atoms. The number of methoxy groups -OCH3 is 1. The second-order valence-corrected chi connectivity index (χ2v) is 5.91. The number of esters is 1. The molecule has 1 aromatic heterocycles. The first-order valence-corrected chi connectivity index (χ1v) is 7.28. The highest BCUT2D eigenvalue weighted by Gasteiger charge is 2.70. The van der Waals surface area contributed by atoms with E-state index in [2.05, 4.69) is 0 Å². The first-order chi connectivity index (χ1) is 10.5. The molecule has 4 atom stereocenters. The molecule has 118 valence electrons. The van der Waals surface area contributed by atoms with Gasteiger partial charge in [0.15, 0.2) is 11.8 Å². The lowest BCUT2D eigenvalue weighted by molar-refractivity contribution is -0.732. The topological polar surface area (TPSA) is 93.4 Å². The summed E-state index contributed by atoms with van der Waals surface area (Å²) >= 11 is 0. The van der Waals surface area contributed by atoms with Gasteiger partial charge < -0.3 is 14.5 Å². The van der Waals surface area contributed by atoms with Gasteiger partial charge in [0.2, 0.25) is 17.4 Å². The molecule has 3 heterocycles. The Morgan fingerprint density at radius 3 is 2.73 bits per heavy atom. The fourth-order valence-electron chi connectivity index (χ4n) is 3.79. The van der Waals surface area contributed by atoms with Crippen LogP contribution >= 0.6 is 0 Å². The summed E-state index contributed by atoms with van der Waals surface area (Å²) < 4.78 is 10.3. The third kappa shape index (κ3) is 1.75. The Morgan fingerprint density at radius 2 is 2.18 bits per heavy atom. The van der Waals surface area contributed by atoms with Gasteiger partial charge in [0, 0.05) is 13.5 Å². The zero-order valence-electron chi connectivity index (χ0n) is 12.7. The van der Waals surface area contributed by atoms with Crippen LogP contribution in [0.5, 0.6) is 0 Å². The summed E-state index contributed by atoms with van der Waals surface area (Å²) in [4.78, 5) is 38.7. The smallest absolute Gasteiger partial charge is 0.368 e. The van der Waals surface area contributed by atoms with Crippen molar-refractivity contribution in [1.29, 1.82) is 0 Å². The van der Waals surface area contributed by atoms with Crippen LogP contribution in [0, 0.1) is 11.8 Å². The van der Waals surface area contributed by atoms with E-state index < -0.39 is 29.4 Å². The van der Waals surface area contributed by atoms with Crippen LogP contribution in [0.4, 0.5) is 0 Å². The molecular formula is C15H19N2O5+. The molecule has 2 N–H and O–H groups in total. The lowest BCUT2D eigenvalue weighted by Crippen LogP contribution is -2.97. The van der Waals surface area contributed by atoms with Crippen LogP contribution in [-0.2, 0) is 19.1 Å². The van der Waals surface area contributed by atoms with Gasteiger partial charge in [0.1, 0.15) is 11.8 Å². The third-order valence-corrected chi connectivity index (χ3v) is 4.81. The van der Waals surface area contributed by atoms with Crippen LogP contribution < -0.4 is 5.32 Å². The molecule has 1 aromatic rings. The van der Waals surface area contributed by atoms with Gasteiger partial charge >= 0.3 is 5.97 Å². The minimum absolute atomic E-state index is 0.247. The van der Waals surface area contributed by atoms with Crippen molar-refractivity contribution in [3.05, 3.63) is 24.2 Å². The van der Waals surface area contributed by atoms with Crippen molar-refractivity contribution in [3.8, 4) is 0 Å². The Labute approximate surface area is 127 Å². The van der Waals surface area contributed by atoms with Crippen molar-refractivity contribution >= 4 is 17.8 Å². The molecule has 0 spiro atoms. The minimum atomic E-state index is -1.13. The molecule has 7 heteroatoms. The van der Waals surface area contributed by atoms with E-state index in [1.165, 1.54) is 18.3 Å². The number of quaternary nitrogens is 1. The highest BCUT2D eigenvalue weighted by molar-refractivity contribution is 6.08. The second kappa shape index (κ2) is 4.95. The predicted molar refractivity (Wildman–Crippen MR) is 73.2 cm³/mol. The van der Waals surface area contributed by atoms with Crippen LogP contribution in [-0.4, -0.2) is 41.9 Å². The Kier molecular flexibility index (Phi) is 3.32. The zero-order chi connectivity index (χ0) is 16.1. The van der Waals surface area contributed by atoms with Gasteiger partial charge in [-0.1, -0.05) is 0 Å². The van der Waals surface area contributed by atoms with Gasteiger partial charge in [0.05, 0.1) is 13.4 Å². The summed E-state index contributed by atoms with van der Waals surface area (Å²) in [6.45, 7) is 3.70. The van der Waals surface area contributed by atoms with Gasteiger partial charge in [0.25, 0.3) is 0 Å². The van der Waals surface area contributed by atoms with E-state index in [-0.39, 0.29) is 11.8 Å². The average molecular weight is 307 g/mol. The number of likely N-dealkylation sites (tertiary alicyclic amines) is 1. The molecule has 3 rings (SSSR count). The quantitative estimate of drug-likeness (QED) is 0.597. The molecule has 2 amide bonds. The van der Waals surface area contributed by atoms with Gasteiger partial charge in [-0.25, -0.2) is 4.79 Å². The number of carbonyl (C=O) groups excluding carboxylic acids is 3. The Balaban J connectivity index is 2.09. The Morgan fingerprint density at radius 1 is 1.45 bits per heavy atom. The standard InChI is InChI=1S/C15H18N2O5/c1-4-17-12(18)9-10(13(17)19)15(2,14(20)21-3)16-11(9)8-6-5-7-22-8/h5-7,9-11,16H,4H2,1-3H3/p+1/t9-,10+,11+,15-/m1/s1. The fraction of sp³-hybridized carbons (Fsp3) is 0.533. The number of furan rings is 1. The number of carbonyl (C=O) groups is 3. The molecule has 0 unspecified atom stereocenters. The van der Waals surface area contributed by atoms with E-state index >= 15 is 0 Å². The lowest BCUT2D eigenvalue weighted by Gasteiger charge is -2.24. The van der Waals surface area contributed by atoms with Gasteiger partial charge in [-0.3, -0.25) is 14.5 Å².